The van der Waals surface area contributed by atoms with Crippen LogP contribution >= 0.6 is 0 Å². The number of carbonyl (C=O) groups excluding carboxylic acids is 1. The molecular formula is C13H12O3. The maximum atomic E-state index is 10.5. The lowest BCUT2D eigenvalue weighted by atomic mass is 10.0. The molecule has 1 heterocycles. The van der Waals surface area contributed by atoms with Gasteiger partial charge in [0.25, 0.3) is 0 Å². The third-order valence-corrected chi connectivity index (χ3v) is 2.48. The number of aryl methyl sites for hydroxylation is 1. The highest BCUT2D eigenvalue weighted by Gasteiger charge is 2.07. The molecule has 16 heavy (non-hydrogen) atoms. The van der Waals surface area contributed by atoms with Crippen molar-refractivity contribution in [3.05, 3.63) is 47.2 Å². The number of rotatable bonds is 3. The summed E-state index contributed by atoms with van der Waals surface area (Å²) in [6.07, 6.45) is 0.681. The van der Waals surface area contributed by atoms with Crippen molar-refractivity contribution in [2.24, 2.45) is 0 Å². The normalized spacial score (nSPS) is 10.4. The molecule has 3 nitrogen and oxygen atoms in total. The van der Waals surface area contributed by atoms with E-state index < -0.39 is 0 Å². The fourth-order valence-corrected chi connectivity index (χ4v) is 1.66. The van der Waals surface area contributed by atoms with Crippen LogP contribution in [0.1, 0.15) is 21.7 Å². The van der Waals surface area contributed by atoms with Crippen molar-refractivity contribution in [1.29, 1.82) is 0 Å². The number of carbonyl (C=O) groups is 1. The molecule has 0 amide bonds. The molecule has 82 valence electrons. The van der Waals surface area contributed by atoms with E-state index in [-0.39, 0.29) is 6.61 Å². The molecular weight excluding hydrogens is 204 g/mol. The average Bonchev–Trinajstić information content (AvgIpc) is 2.77. The number of aliphatic hydroxyl groups is 1. The van der Waals surface area contributed by atoms with Crippen LogP contribution in [0.3, 0.4) is 0 Å². The summed E-state index contributed by atoms with van der Waals surface area (Å²) in [4.78, 5) is 10.5. The van der Waals surface area contributed by atoms with Gasteiger partial charge in [0.05, 0.1) is 6.61 Å². The minimum atomic E-state index is 0.0266. The number of aliphatic hydroxyl groups excluding tert-OH is 1. The van der Waals surface area contributed by atoms with Gasteiger partial charge < -0.3 is 9.52 Å². The second-order valence-electron chi connectivity index (χ2n) is 3.63. The molecule has 2 rings (SSSR count). The Kier molecular flexibility index (Phi) is 2.88. The Balaban J connectivity index is 2.43. The molecule has 0 bridgehead atoms. The van der Waals surface area contributed by atoms with Gasteiger partial charge in [-0.25, -0.2) is 0 Å². The number of furan rings is 1. The molecule has 0 spiro atoms. The Morgan fingerprint density at radius 2 is 2.12 bits per heavy atom. The Morgan fingerprint density at radius 1 is 1.31 bits per heavy atom. The summed E-state index contributed by atoms with van der Waals surface area (Å²) in [7, 11) is 0. The van der Waals surface area contributed by atoms with Crippen molar-refractivity contribution >= 4 is 6.29 Å². The Morgan fingerprint density at radius 3 is 2.69 bits per heavy atom. The van der Waals surface area contributed by atoms with Crippen molar-refractivity contribution < 1.29 is 14.3 Å². The fourth-order valence-electron chi connectivity index (χ4n) is 1.66. The monoisotopic (exact) mass is 216 g/mol. The summed E-state index contributed by atoms with van der Waals surface area (Å²) in [5.41, 5.74) is 2.81. The third-order valence-electron chi connectivity index (χ3n) is 2.48. The molecule has 2 aromatic rings. The van der Waals surface area contributed by atoms with Crippen molar-refractivity contribution in [2.45, 2.75) is 13.5 Å². The van der Waals surface area contributed by atoms with Crippen molar-refractivity contribution in [3.63, 3.8) is 0 Å². The van der Waals surface area contributed by atoms with E-state index in [9.17, 15) is 4.79 Å². The van der Waals surface area contributed by atoms with Gasteiger partial charge in [0.2, 0.25) is 0 Å². The smallest absolute Gasteiger partial charge is 0.185 e. The molecule has 0 fully saturated rings. The minimum Gasteiger partial charge on any atom is -0.453 e. The van der Waals surface area contributed by atoms with Gasteiger partial charge in [-0.05, 0) is 30.2 Å². The van der Waals surface area contributed by atoms with E-state index in [1.807, 2.05) is 25.1 Å². The lowest BCUT2D eigenvalue weighted by Crippen LogP contribution is -1.87. The van der Waals surface area contributed by atoms with E-state index in [1.165, 1.54) is 0 Å². The van der Waals surface area contributed by atoms with Crippen LogP contribution in [-0.4, -0.2) is 11.4 Å². The lowest BCUT2D eigenvalue weighted by Gasteiger charge is -2.04. The highest BCUT2D eigenvalue weighted by atomic mass is 16.3. The van der Waals surface area contributed by atoms with E-state index in [1.54, 1.807) is 12.1 Å². The number of hydrogen-bond donors (Lipinski definition) is 1. The molecule has 0 unspecified atom stereocenters. The van der Waals surface area contributed by atoms with Crippen LogP contribution in [0.5, 0.6) is 0 Å². The van der Waals surface area contributed by atoms with Gasteiger partial charge >= 0.3 is 0 Å². The Labute approximate surface area is 93.3 Å². The van der Waals surface area contributed by atoms with Gasteiger partial charge in [0.1, 0.15) is 5.76 Å². The maximum absolute atomic E-state index is 10.5. The van der Waals surface area contributed by atoms with Crippen LogP contribution in [0.15, 0.2) is 34.7 Å². The summed E-state index contributed by atoms with van der Waals surface area (Å²) in [6.45, 7) is 1.97. The van der Waals surface area contributed by atoms with Gasteiger partial charge in [0.15, 0.2) is 12.0 Å². The summed E-state index contributed by atoms with van der Waals surface area (Å²) >= 11 is 0. The van der Waals surface area contributed by atoms with Crippen molar-refractivity contribution in [1.82, 2.24) is 0 Å². The highest BCUT2D eigenvalue weighted by molar-refractivity contribution is 5.73. The minimum absolute atomic E-state index is 0.0266. The first-order chi connectivity index (χ1) is 7.74. The zero-order chi connectivity index (χ0) is 11.5. The second kappa shape index (κ2) is 4.33. The molecule has 0 aliphatic heterocycles. The predicted molar refractivity (Wildman–Crippen MR) is 60.2 cm³/mol. The lowest BCUT2D eigenvalue weighted by molar-refractivity contribution is 0.110. The van der Waals surface area contributed by atoms with E-state index in [4.69, 9.17) is 9.52 Å². The number of aldehydes is 1. The fraction of sp³-hybridized carbons (Fsp3) is 0.154. The molecule has 0 aliphatic carbocycles. The topological polar surface area (TPSA) is 50.4 Å². The van der Waals surface area contributed by atoms with Crippen LogP contribution in [0.2, 0.25) is 0 Å². The van der Waals surface area contributed by atoms with Crippen LogP contribution in [-0.2, 0) is 6.61 Å². The Hall–Kier alpha value is -1.87. The van der Waals surface area contributed by atoms with Crippen LogP contribution < -0.4 is 0 Å². The van der Waals surface area contributed by atoms with Crippen molar-refractivity contribution in [2.75, 3.05) is 0 Å². The molecule has 1 aromatic carbocycles. The van der Waals surface area contributed by atoms with Gasteiger partial charge in [-0.2, -0.15) is 0 Å². The number of hydrogen-bond acceptors (Lipinski definition) is 3. The quantitative estimate of drug-likeness (QED) is 0.802. The molecule has 0 aliphatic rings. The molecule has 1 aromatic heterocycles. The zero-order valence-electron chi connectivity index (χ0n) is 8.93. The summed E-state index contributed by atoms with van der Waals surface area (Å²) < 4.78 is 5.34. The predicted octanol–water partition coefficient (Wildman–Crippen LogP) is 2.56. The van der Waals surface area contributed by atoms with Gasteiger partial charge in [-0.3, -0.25) is 4.79 Å². The summed E-state index contributed by atoms with van der Waals surface area (Å²) in [6, 6.07) is 9.03. The molecule has 1 N–H and O–H groups in total. The van der Waals surface area contributed by atoms with Gasteiger partial charge in [0, 0.05) is 5.56 Å². The van der Waals surface area contributed by atoms with Crippen molar-refractivity contribution in [3.8, 4) is 11.3 Å². The third kappa shape index (κ3) is 1.90. The maximum Gasteiger partial charge on any atom is 0.185 e. The van der Waals surface area contributed by atoms with E-state index in [0.717, 1.165) is 16.7 Å². The Bertz CT molecular complexity index is 512. The molecule has 0 atom stereocenters. The first-order valence-electron chi connectivity index (χ1n) is 5.00. The summed E-state index contributed by atoms with van der Waals surface area (Å²) in [5, 5.41) is 9.00. The highest BCUT2D eigenvalue weighted by Crippen LogP contribution is 2.25. The first kappa shape index (κ1) is 10.6. The second-order valence-corrected chi connectivity index (χ2v) is 3.63. The average molecular weight is 216 g/mol. The van der Waals surface area contributed by atoms with E-state index >= 15 is 0 Å². The van der Waals surface area contributed by atoms with Crippen LogP contribution in [0.4, 0.5) is 0 Å². The molecule has 0 saturated carbocycles. The van der Waals surface area contributed by atoms with E-state index in [2.05, 4.69) is 0 Å². The van der Waals surface area contributed by atoms with Crippen LogP contribution in [0, 0.1) is 6.92 Å². The zero-order valence-corrected chi connectivity index (χ0v) is 8.93. The van der Waals surface area contributed by atoms with Gasteiger partial charge in [-0.15, -0.1) is 0 Å². The molecule has 0 radical (unpaired) electrons. The van der Waals surface area contributed by atoms with Gasteiger partial charge in [-0.1, -0.05) is 18.2 Å². The first-order valence-corrected chi connectivity index (χ1v) is 5.00. The molecule has 0 saturated heterocycles. The summed E-state index contributed by atoms with van der Waals surface area (Å²) in [5.74, 6) is 0.990. The van der Waals surface area contributed by atoms with Crippen LogP contribution in [0.25, 0.3) is 11.3 Å². The standard InChI is InChI=1S/C13H12O3/c1-9-6-10(7-14)2-4-12(9)13-5-3-11(8-15)16-13/h2-6,8,14H,7H2,1H3. The SMILES string of the molecule is Cc1cc(CO)ccc1-c1ccc(C=O)o1. The molecule has 3 heteroatoms. The van der Waals surface area contributed by atoms with E-state index in [0.29, 0.717) is 17.8 Å². The largest absolute Gasteiger partial charge is 0.453 e. The number of benzene rings is 1.